The van der Waals surface area contributed by atoms with Crippen LogP contribution in [-0.2, 0) is 20.1 Å². The number of hydrogen-bond acceptors (Lipinski definition) is 4. The van der Waals surface area contributed by atoms with Crippen molar-refractivity contribution in [3.8, 4) is 5.88 Å². The summed E-state index contributed by atoms with van der Waals surface area (Å²) in [5.74, 6) is 2.00. The summed E-state index contributed by atoms with van der Waals surface area (Å²) < 4.78 is 7.75. The number of hydrogen-bond donors (Lipinski definition) is 2. The number of aliphatic imine (C=N–C) groups is 1. The maximum Gasteiger partial charge on any atom is 0.213 e. The Morgan fingerprint density at radius 2 is 1.96 bits per heavy atom. The number of pyridine rings is 1. The van der Waals surface area contributed by atoms with Gasteiger partial charge in [-0.05, 0) is 37.0 Å². The largest absolute Gasteiger partial charge is 0.475 e. The molecule has 2 rings (SSSR count). The van der Waals surface area contributed by atoms with Crippen LogP contribution >= 0.6 is 0 Å². The van der Waals surface area contributed by atoms with Gasteiger partial charge in [-0.15, -0.1) is 0 Å². The molecule has 0 amide bonds. The van der Waals surface area contributed by atoms with E-state index in [4.69, 9.17) is 4.74 Å². The first-order valence-corrected chi connectivity index (χ1v) is 9.01. The second kappa shape index (κ2) is 9.79. The molecule has 0 aliphatic rings. The molecule has 0 saturated heterocycles. The minimum Gasteiger partial charge on any atom is -0.475 e. The summed E-state index contributed by atoms with van der Waals surface area (Å²) in [5.41, 5.74) is 2.18. The van der Waals surface area contributed by atoms with E-state index < -0.39 is 0 Å². The predicted molar refractivity (Wildman–Crippen MR) is 104 cm³/mol. The zero-order valence-electron chi connectivity index (χ0n) is 16.4. The van der Waals surface area contributed by atoms with Crippen LogP contribution in [0.4, 0.5) is 0 Å². The molecule has 0 spiro atoms. The number of aromatic nitrogens is 3. The minimum atomic E-state index is 0.152. The summed E-state index contributed by atoms with van der Waals surface area (Å²) in [6.45, 7) is 7.77. The molecule has 0 aliphatic carbocycles. The summed E-state index contributed by atoms with van der Waals surface area (Å²) in [5, 5.41) is 10.7. The third-order valence-electron chi connectivity index (χ3n) is 3.97. The molecule has 2 aromatic rings. The molecular weight excluding hydrogens is 328 g/mol. The summed E-state index contributed by atoms with van der Waals surface area (Å²) >= 11 is 0. The third kappa shape index (κ3) is 6.38. The first-order chi connectivity index (χ1) is 12.5. The van der Waals surface area contributed by atoms with Gasteiger partial charge in [0.15, 0.2) is 5.96 Å². The van der Waals surface area contributed by atoms with Crippen molar-refractivity contribution in [1.82, 2.24) is 25.4 Å². The zero-order valence-corrected chi connectivity index (χ0v) is 16.4. The topological polar surface area (TPSA) is 76.4 Å². The molecule has 2 heterocycles. The van der Waals surface area contributed by atoms with Gasteiger partial charge in [0.2, 0.25) is 5.88 Å². The van der Waals surface area contributed by atoms with Gasteiger partial charge in [-0.3, -0.25) is 9.67 Å². The second-order valence-electron chi connectivity index (χ2n) is 6.79. The summed E-state index contributed by atoms with van der Waals surface area (Å²) in [6, 6.07) is 5.92. The molecule has 0 aromatic carbocycles. The molecule has 0 bridgehead atoms. The average molecular weight is 358 g/mol. The first-order valence-electron chi connectivity index (χ1n) is 9.01. The molecule has 0 radical (unpaired) electrons. The Bertz CT molecular complexity index is 710. The molecular formula is C19H30N6O. The van der Waals surface area contributed by atoms with E-state index in [2.05, 4.69) is 46.5 Å². The van der Waals surface area contributed by atoms with Crippen LogP contribution in [-0.4, -0.2) is 33.9 Å². The van der Waals surface area contributed by atoms with Crippen molar-refractivity contribution in [3.05, 3.63) is 41.9 Å². The Kier molecular flexibility index (Phi) is 7.44. The van der Waals surface area contributed by atoms with Crippen LogP contribution in [0.1, 0.15) is 38.4 Å². The molecule has 7 nitrogen and oxygen atoms in total. The van der Waals surface area contributed by atoms with E-state index in [-0.39, 0.29) is 6.10 Å². The van der Waals surface area contributed by atoms with Crippen molar-refractivity contribution in [1.29, 1.82) is 0 Å². The fourth-order valence-electron chi connectivity index (χ4n) is 2.70. The van der Waals surface area contributed by atoms with Crippen molar-refractivity contribution in [3.63, 3.8) is 0 Å². The van der Waals surface area contributed by atoms with Gasteiger partial charge in [0.25, 0.3) is 0 Å². The van der Waals surface area contributed by atoms with Crippen LogP contribution in [0.5, 0.6) is 5.88 Å². The molecule has 2 aromatic heterocycles. The Labute approximate surface area is 155 Å². The van der Waals surface area contributed by atoms with Gasteiger partial charge in [-0.1, -0.05) is 13.8 Å². The lowest BCUT2D eigenvalue weighted by atomic mass is 10.1. The first kappa shape index (κ1) is 19.8. The number of nitrogens with zero attached hydrogens (tertiary/aromatic N) is 4. The Morgan fingerprint density at radius 1 is 1.19 bits per heavy atom. The Hall–Kier alpha value is -2.57. The highest BCUT2D eigenvalue weighted by Gasteiger charge is 2.08. The monoisotopic (exact) mass is 358 g/mol. The lowest BCUT2D eigenvalue weighted by molar-refractivity contribution is 0.185. The number of guanidine groups is 1. The zero-order chi connectivity index (χ0) is 18.9. The molecule has 0 fully saturated rings. The third-order valence-corrected chi connectivity index (χ3v) is 3.97. The predicted octanol–water partition coefficient (Wildman–Crippen LogP) is 2.49. The summed E-state index contributed by atoms with van der Waals surface area (Å²) in [4.78, 5) is 8.56. The van der Waals surface area contributed by atoms with Crippen LogP contribution in [0, 0.1) is 5.92 Å². The maximum atomic E-state index is 5.91. The van der Waals surface area contributed by atoms with Crippen molar-refractivity contribution >= 4 is 5.96 Å². The lowest BCUT2D eigenvalue weighted by Crippen LogP contribution is -2.36. The second-order valence-corrected chi connectivity index (χ2v) is 6.79. The van der Waals surface area contributed by atoms with Crippen LogP contribution in [0.2, 0.25) is 0 Å². The number of ether oxygens (including phenoxy) is 1. The van der Waals surface area contributed by atoms with E-state index in [9.17, 15) is 0 Å². The van der Waals surface area contributed by atoms with Gasteiger partial charge in [0.1, 0.15) is 0 Å². The van der Waals surface area contributed by atoms with Crippen LogP contribution in [0.15, 0.2) is 35.6 Å². The molecule has 2 N–H and O–H groups in total. The van der Waals surface area contributed by atoms with E-state index in [1.54, 1.807) is 19.4 Å². The van der Waals surface area contributed by atoms with Gasteiger partial charge in [0.05, 0.1) is 18.3 Å². The fourth-order valence-corrected chi connectivity index (χ4v) is 2.70. The average Bonchev–Trinajstić information content (AvgIpc) is 2.99. The van der Waals surface area contributed by atoms with E-state index in [0.29, 0.717) is 24.9 Å². The standard InChI is InChI=1S/C19H30N6O/c1-14(2)10-15(3)26-18-11-16(6-8-21-18)12-22-19(20-4)23-13-17-7-9-24-25(17)5/h6-9,11,14-15H,10,12-13H2,1-5H3,(H2,20,22,23). The van der Waals surface area contributed by atoms with Crippen LogP contribution < -0.4 is 15.4 Å². The quantitative estimate of drug-likeness (QED) is 0.560. The van der Waals surface area contributed by atoms with Gasteiger partial charge in [-0.25, -0.2) is 4.98 Å². The highest BCUT2D eigenvalue weighted by molar-refractivity contribution is 5.79. The molecule has 0 saturated carbocycles. The summed E-state index contributed by atoms with van der Waals surface area (Å²) in [6.07, 6.45) is 4.72. The van der Waals surface area contributed by atoms with E-state index in [0.717, 1.165) is 23.6 Å². The molecule has 26 heavy (non-hydrogen) atoms. The van der Waals surface area contributed by atoms with Crippen LogP contribution in [0.3, 0.4) is 0 Å². The van der Waals surface area contributed by atoms with Gasteiger partial charge in [0, 0.05) is 39.1 Å². The SMILES string of the molecule is CN=C(NCc1ccnc(OC(C)CC(C)C)c1)NCc1ccnn1C. The minimum absolute atomic E-state index is 0.152. The maximum absolute atomic E-state index is 5.91. The molecule has 1 unspecified atom stereocenters. The smallest absolute Gasteiger partial charge is 0.213 e. The van der Waals surface area contributed by atoms with Crippen molar-refractivity contribution < 1.29 is 4.74 Å². The van der Waals surface area contributed by atoms with E-state index in [1.165, 1.54) is 0 Å². The Balaban J connectivity index is 1.85. The number of aryl methyl sites for hydroxylation is 1. The molecule has 1 atom stereocenters. The molecule has 142 valence electrons. The van der Waals surface area contributed by atoms with Gasteiger partial charge >= 0.3 is 0 Å². The summed E-state index contributed by atoms with van der Waals surface area (Å²) in [7, 11) is 3.68. The van der Waals surface area contributed by atoms with E-state index in [1.807, 2.05) is 29.9 Å². The van der Waals surface area contributed by atoms with Gasteiger partial charge in [-0.2, -0.15) is 5.10 Å². The lowest BCUT2D eigenvalue weighted by Gasteiger charge is -2.16. The number of nitrogens with one attached hydrogen (secondary N) is 2. The van der Waals surface area contributed by atoms with Crippen molar-refractivity contribution in [2.45, 2.75) is 46.4 Å². The highest BCUT2D eigenvalue weighted by Crippen LogP contribution is 2.14. The van der Waals surface area contributed by atoms with Crippen molar-refractivity contribution in [2.75, 3.05) is 7.05 Å². The normalized spacial score (nSPS) is 12.9. The molecule has 0 aliphatic heterocycles. The van der Waals surface area contributed by atoms with Crippen LogP contribution in [0.25, 0.3) is 0 Å². The Morgan fingerprint density at radius 3 is 2.62 bits per heavy atom. The number of rotatable bonds is 8. The highest BCUT2D eigenvalue weighted by atomic mass is 16.5. The van der Waals surface area contributed by atoms with E-state index >= 15 is 0 Å². The fraction of sp³-hybridized carbons (Fsp3) is 0.526. The van der Waals surface area contributed by atoms with Gasteiger partial charge < -0.3 is 15.4 Å². The van der Waals surface area contributed by atoms with Crippen molar-refractivity contribution in [2.24, 2.45) is 18.0 Å². The molecule has 7 heteroatoms.